The molecule has 0 unspecified atom stereocenters. The van der Waals surface area contributed by atoms with Gasteiger partial charge < -0.3 is 14.6 Å². The third-order valence-electron chi connectivity index (χ3n) is 4.00. The molecule has 1 heterocycles. The lowest BCUT2D eigenvalue weighted by molar-refractivity contribution is -0.149. The van der Waals surface area contributed by atoms with Crippen molar-refractivity contribution in [3.05, 3.63) is 0 Å². The topological polar surface area (TPSA) is 76.1 Å². The van der Waals surface area contributed by atoms with E-state index in [-0.39, 0.29) is 12.0 Å². The molecule has 0 aromatic carbocycles. The number of nitrogens with zero attached hydrogens (tertiary/aromatic N) is 1. The summed E-state index contributed by atoms with van der Waals surface area (Å²) in [5.74, 6) is -0.649. The highest BCUT2D eigenvalue weighted by molar-refractivity contribution is 5.83. The summed E-state index contributed by atoms with van der Waals surface area (Å²) in [6.45, 7) is 5.32. The molecule has 2 rings (SSSR count). The van der Waals surface area contributed by atoms with E-state index in [0.29, 0.717) is 0 Å². The number of carbonyl (C=O) groups excluding carboxylic acids is 2. The molecule has 114 valence electrons. The standard InChI is InChI=1S/C14H23NO5/c1-14(2,3)20-13(18)15-9-7-5-6-8(9)11(16)10(15)12(17)19-4/h8-11,16H,5-7H2,1-4H3/t8-,9+,10-,11+/m0/s1. The normalized spacial score (nSPS) is 33.0. The van der Waals surface area contributed by atoms with E-state index >= 15 is 0 Å². The first-order valence-electron chi connectivity index (χ1n) is 7.03. The molecule has 0 aromatic rings. The number of esters is 1. The fourth-order valence-electron chi connectivity index (χ4n) is 3.26. The highest BCUT2D eigenvalue weighted by atomic mass is 16.6. The minimum absolute atomic E-state index is 0.0633. The number of hydrogen-bond donors (Lipinski definition) is 1. The van der Waals surface area contributed by atoms with Crippen LogP contribution in [-0.4, -0.2) is 53.0 Å². The van der Waals surface area contributed by atoms with Crippen LogP contribution in [0.1, 0.15) is 40.0 Å². The second-order valence-electron chi connectivity index (χ2n) is 6.51. The lowest BCUT2D eigenvalue weighted by atomic mass is 9.98. The Hall–Kier alpha value is -1.30. The Morgan fingerprint density at radius 3 is 2.45 bits per heavy atom. The van der Waals surface area contributed by atoms with Crippen molar-refractivity contribution in [2.75, 3.05) is 7.11 Å². The van der Waals surface area contributed by atoms with Gasteiger partial charge in [0.2, 0.25) is 0 Å². The Morgan fingerprint density at radius 2 is 1.90 bits per heavy atom. The van der Waals surface area contributed by atoms with Crippen LogP contribution in [0.3, 0.4) is 0 Å². The first-order valence-corrected chi connectivity index (χ1v) is 7.03. The van der Waals surface area contributed by atoms with E-state index in [1.54, 1.807) is 20.8 Å². The van der Waals surface area contributed by atoms with Gasteiger partial charge in [-0.3, -0.25) is 4.90 Å². The Kier molecular flexibility index (Phi) is 3.95. The predicted octanol–water partition coefficient (Wildman–Crippen LogP) is 1.31. The number of ether oxygens (including phenoxy) is 2. The third kappa shape index (κ3) is 2.61. The zero-order valence-electron chi connectivity index (χ0n) is 12.5. The van der Waals surface area contributed by atoms with Crippen molar-refractivity contribution < 1.29 is 24.2 Å². The van der Waals surface area contributed by atoms with Crippen LogP contribution in [0.15, 0.2) is 0 Å². The first kappa shape index (κ1) is 15.1. The smallest absolute Gasteiger partial charge is 0.411 e. The quantitative estimate of drug-likeness (QED) is 0.735. The molecule has 0 bridgehead atoms. The van der Waals surface area contributed by atoms with Crippen molar-refractivity contribution >= 4 is 12.1 Å². The Bertz CT molecular complexity index is 403. The van der Waals surface area contributed by atoms with Gasteiger partial charge in [0.15, 0.2) is 6.04 Å². The van der Waals surface area contributed by atoms with Crippen molar-refractivity contribution in [1.82, 2.24) is 4.90 Å². The van der Waals surface area contributed by atoms with Gasteiger partial charge in [0.05, 0.1) is 13.2 Å². The van der Waals surface area contributed by atoms with Gasteiger partial charge in [-0.2, -0.15) is 0 Å². The molecule has 0 radical (unpaired) electrons. The molecule has 1 N–H and O–H groups in total. The zero-order chi connectivity index (χ0) is 15.1. The summed E-state index contributed by atoms with van der Waals surface area (Å²) in [7, 11) is 1.26. The molecule has 1 aliphatic carbocycles. The lowest BCUT2D eigenvalue weighted by Gasteiger charge is -2.31. The number of amides is 1. The third-order valence-corrected chi connectivity index (χ3v) is 4.00. The molecule has 1 aliphatic heterocycles. The average Bonchev–Trinajstić information content (AvgIpc) is 2.88. The van der Waals surface area contributed by atoms with Crippen LogP contribution in [0.25, 0.3) is 0 Å². The number of aliphatic hydroxyl groups excluding tert-OH is 1. The molecule has 2 aliphatic rings. The van der Waals surface area contributed by atoms with Crippen molar-refractivity contribution in [2.24, 2.45) is 5.92 Å². The maximum atomic E-state index is 12.4. The maximum absolute atomic E-state index is 12.4. The highest BCUT2D eigenvalue weighted by Crippen LogP contribution is 2.42. The fourth-order valence-corrected chi connectivity index (χ4v) is 3.26. The molecular formula is C14H23NO5. The molecule has 6 nitrogen and oxygen atoms in total. The number of aliphatic hydroxyl groups is 1. The van der Waals surface area contributed by atoms with Gasteiger partial charge in [0.25, 0.3) is 0 Å². The van der Waals surface area contributed by atoms with E-state index in [2.05, 4.69) is 0 Å². The van der Waals surface area contributed by atoms with Gasteiger partial charge in [0, 0.05) is 12.0 Å². The average molecular weight is 285 g/mol. The van der Waals surface area contributed by atoms with Crippen molar-refractivity contribution in [3.63, 3.8) is 0 Å². The van der Waals surface area contributed by atoms with Crippen molar-refractivity contribution in [3.8, 4) is 0 Å². The number of carbonyl (C=O) groups is 2. The Labute approximate surface area is 119 Å². The van der Waals surface area contributed by atoms with Gasteiger partial charge >= 0.3 is 12.1 Å². The number of hydrogen-bond acceptors (Lipinski definition) is 5. The second kappa shape index (κ2) is 5.24. The van der Waals surface area contributed by atoms with Crippen LogP contribution in [0, 0.1) is 5.92 Å². The van der Waals surface area contributed by atoms with Gasteiger partial charge in [-0.25, -0.2) is 9.59 Å². The summed E-state index contributed by atoms with van der Waals surface area (Å²) < 4.78 is 10.1. The zero-order valence-corrected chi connectivity index (χ0v) is 12.5. The second-order valence-corrected chi connectivity index (χ2v) is 6.51. The molecule has 20 heavy (non-hydrogen) atoms. The van der Waals surface area contributed by atoms with E-state index in [1.807, 2.05) is 0 Å². The molecule has 1 amide bonds. The van der Waals surface area contributed by atoms with Gasteiger partial charge in [0.1, 0.15) is 5.60 Å². The van der Waals surface area contributed by atoms with E-state index in [0.717, 1.165) is 19.3 Å². The largest absolute Gasteiger partial charge is 0.467 e. The molecule has 2 fully saturated rings. The summed E-state index contributed by atoms with van der Waals surface area (Å²) in [6, 6.07) is -1.09. The minimum atomic E-state index is -0.954. The monoisotopic (exact) mass is 285 g/mol. The van der Waals surface area contributed by atoms with Crippen molar-refractivity contribution in [1.29, 1.82) is 0 Å². The fraction of sp³-hybridized carbons (Fsp3) is 0.857. The molecule has 1 saturated carbocycles. The van der Waals surface area contributed by atoms with Crippen molar-refractivity contribution in [2.45, 2.75) is 63.8 Å². The van der Waals surface area contributed by atoms with E-state index in [4.69, 9.17) is 9.47 Å². The van der Waals surface area contributed by atoms with E-state index in [9.17, 15) is 14.7 Å². The molecule has 6 heteroatoms. The van der Waals surface area contributed by atoms with Crippen LogP contribution < -0.4 is 0 Å². The highest BCUT2D eigenvalue weighted by Gasteiger charge is 2.56. The Balaban J connectivity index is 2.25. The van der Waals surface area contributed by atoms with Crippen LogP contribution in [0.2, 0.25) is 0 Å². The summed E-state index contributed by atoms with van der Waals surface area (Å²) in [4.78, 5) is 25.7. The van der Waals surface area contributed by atoms with Gasteiger partial charge in [-0.1, -0.05) is 6.42 Å². The maximum Gasteiger partial charge on any atom is 0.411 e. The Morgan fingerprint density at radius 1 is 1.25 bits per heavy atom. The number of methoxy groups -OCH3 is 1. The summed E-state index contributed by atoms with van der Waals surface area (Å²) in [5.41, 5.74) is -0.639. The molecule has 0 spiro atoms. The summed E-state index contributed by atoms with van der Waals surface area (Å²) >= 11 is 0. The van der Waals surface area contributed by atoms with E-state index in [1.165, 1.54) is 12.0 Å². The van der Waals surface area contributed by atoms with Crippen LogP contribution in [0.4, 0.5) is 4.79 Å². The molecule has 0 aromatic heterocycles. The van der Waals surface area contributed by atoms with Crippen LogP contribution in [0.5, 0.6) is 0 Å². The van der Waals surface area contributed by atoms with E-state index < -0.39 is 29.8 Å². The SMILES string of the molecule is COC(=O)[C@@H]1[C@H](O)[C@H]2CCC[C@H]2N1C(=O)OC(C)(C)C. The van der Waals surface area contributed by atoms with Crippen LogP contribution in [-0.2, 0) is 14.3 Å². The molecular weight excluding hydrogens is 262 g/mol. The number of rotatable bonds is 1. The van der Waals surface area contributed by atoms with Gasteiger partial charge in [-0.15, -0.1) is 0 Å². The lowest BCUT2D eigenvalue weighted by Crippen LogP contribution is -2.50. The first-order chi connectivity index (χ1) is 9.26. The van der Waals surface area contributed by atoms with Gasteiger partial charge in [-0.05, 0) is 33.6 Å². The minimum Gasteiger partial charge on any atom is -0.467 e. The number of fused-ring (bicyclic) bond motifs is 1. The predicted molar refractivity (Wildman–Crippen MR) is 71.0 cm³/mol. The van der Waals surface area contributed by atoms with Crippen LogP contribution >= 0.6 is 0 Å². The molecule has 4 atom stereocenters. The summed E-state index contributed by atoms with van der Waals surface area (Å²) in [6.07, 6.45) is 1.12. The summed E-state index contributed by atoms with van der Waals surface area (Å²) in [5, 5.41) is 10.3. The molecule has 1 saturated heterocycles. The number of likely N-dealkylation sites (tertiary alicyclic amines) is 1.